The van der Waals surface area contributed by atoms with Crippen LogP contribution in [0.3, 0.4) is 0 Å². The predicted molar refractivity (Wildman–Crippen MR) is 97.1 cm³/mol. The molecule has 0 saturated carbocycles. The third-order valence-electron chi connectivity index (χ3n) is 3.05. The summed E-state index contributed by atoms with van der Waals surface area (Å²) in [6, 6.07) is 11.6. The standard InChI is InChI=1S/C15H14Br2N2O3S/c1-19(2)23(21,22)14-9-10(3-8-13(14)17)15(20)18-12-6-4-11(16)5-7-12/h3-9H,1-2H3,(H,18,20). The van der Waals surface area contributed by atoms with Crippen molar-refractivity contribution in [2.24, 2.45) is 0 Å². The Morgan fingerprint density at radius 2 is 1.65 bits per heavy atom. The second kappa shape index (κ2) is 7.12. The van der Waals surface area contributed by atoms with Crippen LogP contribution in [0.15, 0.2) is 56.3 Å². The van der Waals surface area contributed by atoms with Gasteiger partial charge in [-0.1, -0.05) is 15.9 Å². The van der Waals surface area contributed by atoms with Crippen LogP contribution in [0, 0.1) is 0 Å². The van der Waals surface area contributed by atoms with E-state index in [1.807, 2.05) is 0 Å². The molecule has 8 heteroatoms. The second-order valence-electron chi connectivity index (χ2n) is 4.89. The average molecular weight is 462 g/mol. The average Bonchev–Trinajstić information content (AvgIpc) is 2.49. The van der Waals surface area contributed by atoms with Crippen LogP contribution >= 0.6 is 31.9 Å². The van der Waals surface area contributed by atoms with Crippen molar-refractivity contribution in [3.63, 3.8) is 0 Å². The summed E-state index contributed by atoms with van der Waals surface area (Å²) in [5.41, 5.74) is 0.884. The van der Waals surface area contributed by atoms with Gasteiger partial charge in [-0.2, -0.15) is 0 Å². The molecule has 0 bridgehead atoms. The Kier molecular flexibility index (Phi) is 5.61. The fourth-order valence-electron chi connectivity index (χ4n) is 1.78. The molecular formula is C15H14Br2N2O3S. The summed E-state index contributed by atoms with van der Waals surface area (Å²) in [6.07, 6.45) is 0. The summed E-state index contributed by atoms with van der Waals surface area (Å²) < 4.78 is 27.0. The van der Waals surface area contributed by atoms with E-state index in [2.05, 4.69) is 37.2 Å². The summed E-state index contributed by atoms with van der Waals surface area (Å²) >= 11 is 6.54. The highest BCUT2D eigenvalue weighted by Crippen LogP contribution is 2.25. The van der Waals surface area contributed by atoms with Gasteiger partial charge in [0.05, 0.1) is 4.90 Å². The minimum Gasteiger partial charge on any atom is -0.322 e. The van der Waals surface area contributed by atoms with Crippen LogP contribution in [0.1, 0.15) is 10.4 Å². The van der Waals surface area contributed by atoms with E-state index < -0.39 is 10.0 Å². The molecule has 0 aliphatic rings. The summed E-state index contributed by atoms with van der Waals surface area (Å²) in [5.74, 6) is -0.380. The molecule has 0 aromatic heterocycles. The Labute approximate surface area is 152 Å². The van der Waals surface area contributed by atoms with Crippen molar-refractivity contribution in [2.75, 3.05) is 19.4 Å². The van der Waals surface area contributed by atoms with Crippen LogP contribution in [-0.2, 0) is 10.0 Å². The normalized spacial score (nSPS) is 11.5. The molecule has 0 aliphatic heterocycles. The van der Waals surface area contributed by atoms with E-state index in [1.54, 1.807) is 36.4 Å². The van der Waals surface area contributed by atoms with Gasteiger partial charge < -0.3 is 5.32 Å². The molecule has 1 amide bonds. The van der Waals surface area contributed by atoms with Crippen molar-refractivity contribution < 1.29 is 13.2 Å². The summed E-state index contributed by atoms with van der Waals surface area (Å²) in [6.45, 7) is 0. The number of carbonyl (C=O) groups excluding carboxylic acids is 1. The second-order valence-corrected chi connectivity index (χ2v) is 8.78. The molecule has 122 valence electrons. The summed E-state index contributed by atoms with van der Waals surface area (Å²) in [4.78, 5) is 12.4. The van der Waals surface area contributed by atoms with Gasteiger partial charge in [-0.25, -0.2) is 12.7 Å². The number of hydrogen-bond acceptors (Lipinski definition) is 3. The van der Waals surface area contributed by atoms with Crippen molar-refractivity contribution >= 4 is 53.5 Å². The lowest BCUT2D eigenvalue weighted by atomic mass is 10.2. The largest absolute Gasteiger partial charge is 0.322 e. The fourth-order valence-corrected chi connectivity index (χ4v) is 3.88. The highest BCUT2D eigenvalue weighted by molar-refractivity contribution is 9.10. The van der Waals surface area contributed by atoms with Gasteiger partial charge in [0, 0.05) is 34.3 Å². The molecule has 0 unspecified atom stereocenters. The number of carbonyl (C=O) groups is 1. The first-order valence-electron chi connectivity index (χ1n) is 6.51. The fraction of sp³-hybridized carbons (Fsp3) is 0.133. The van der Waals surface area contributed by atoms with E-state index in [0.29, 0.717) is 10.2 Å². The first kappa shape index (κ1) is 18.1. The van der Waals surface area contributed by atoms with Crippen LogP contribution in [0.2, 0.25) is 0 Å². The van der Waals surface area contributed by atoms with Gasteiger partial charge in [-0.05, 0) is 58.4 Å². The maximum atomic E-state index is 12.3. The molecule has 0 atom stereocenters. The minimum absolute atomic E-state index is 0.0472. The number of benzene rings is 2. The van der Waals surface area contributed by atoms with Crippen LogP contribution in [0.25, 0.3) is 0 Å². The molecule has 2 aromatic carbocycles. The van der Waals surface area contributed by atoms with E-state index in [0.717, 1.165) is 8.78 Å². The quantitative estimate of drug-likeness (QED) is 0.754. The van der Waals surface area contributed by atoms with Crippen LogP contribution < -0.4 is 5.32 Å². The van der Waals surface area contributed by atoms with E-state index >= 15 is 0 Å². The lowest BCUT2D eigenvalue weighted by Gasteiger charge is -2.14. The first-order chi connectivity index (χ1) is 10.7. The predicted octanol–water partition coefficient (Wildman–Crippen LogP) is 3.71. The minimum atomic E-state index is -3.64. The number of rotatable bonds is 4. The Morgan fingerprint density at radius 1 is 1.04 bits per heavy atom. The number of hydrogen-bond donors (Lipinski definition) is 1. The summed E-state index contributed by atoms with van der Waals surface area (Å²) in [5, 5.41) is 2.73. The molecular weight excluding hydrogens is 448 g/mol. The Bertz CT molecular complexity index is 834. The first-order valence-corrected chi connectivity index (χ1v) is 9.53. The number of nitrogens with zero attached hydrogens (tertiary/aromatic N) is 1. The molecule has 0 fully saturated rings. The van der Waals surface area contributed by atoms with E-state index in [4.69, 9.17) is 0 Å². The van der Waals surface area contributed by atoms with Gasteiger partial charge in [0.25, 0.3) is 5.91 Å². The zero-order valence-electron chi connectivity index (χ0n) is 12.4. The SMILES string of the molecule is CN(C)S(=O)(=O)c1cc(C(=O)Nc2ccc(Br)cc2)ccc1Br. The smallest absolute Gasteiger partial charge is 0.255 e. The van der Waals surface area contributed by atoms with Crippen molar-refractivity contribution in [3.8, 4) is 0 Å². The van der Waals surface area contributed by atoms with Crippen molar-refractivity contribution in [1.82, 2.24) is 4.31 Å². The van der Waals surface area contributed by atoms with Gasteiger partial charge in [-0.3, -0.25) is 4.79 Å². The van der Waals surface area contributed by atoms with Gasteiger partial charge in [0.15, 0.2) is 0 Å². The van der Waals surface area contributed by atoms with Gasteiger partial charge in [0.2, 0.25) is 10.0 Å². The number of anilines is 1. The van der Waals surface area contributed by atoms with Crippen LogP contribution in [0.5, 0.6) is 0 Å². The molecule has 0 saturated heterocycles. The Morgan fingerprint density at radius 3 is 2.22 bits per heavy atom. The molecule has 1 N–H and O–H groups in total. The zero-order chi connectivity index (χ0) is 17.2. The Hall–Kier alpha value is -1.22. The zero-order valence-corrected chi connectivity index (χ0v) is 16.4. The number of amides is 1. The maximum absolute atomic E-state index is 12.3. The molecule has 0 aliphatic carbocycles. The van der Waals surface area contributed by atoms with Gasteiger partial charge in [-0.15, -0.1) is 0 Å². The topological polar surface area (TPSA) is 66.5 Å². The van der Waals surface area contributed by atoms with Crippen molar-refractivity contribution in [3.05, 3.63) is 57.0 Å². The molecule has 5 nitrogen and oxygen atoms in total. The van der Waals surface area contributed by atoms with Crippen molar-refractivity contribution in [2.45, 2.75) is 4.90 Å². The summed E-state index contributed by atoms with van der Waals surface area (Å²) in [7, 11) is -0.760. The number of sulfonamides is 1. The van der Waals surface area contributed by atoms with Crippen LogP contribution in [-0.4, -0.2) is 32.7 Å². The van der Waals surface area contributed by atoms with Crippen LogP contribution in [0.4, 0.5) is 5.69 Å². The number of nitrogens with one attached hydrogen (secondary N) is 1. The van der Waals surface area contributed by atoms with E-state index in [1.165, 1.54) is 20.2 Å². The highest BCUT2D eigenvalue weighted by atomic mass is 79.9. The molecule has 0 radical (unpaired) electrons. The van der Waals surface area contributed by atoms with Gasteiger partial charge in [0.1, 0.15) is 0 Å². The third kappa shape index (κ3) is 4.20. The monoisotopic (exact) mass is 460 g/mol. The molecule has 2 aromatic rings. The van der Waals surface area contributed by atoms with Crippen molar-refractivity contribution in [1.29, 1.82) is 0 Å². The molecule has 23 heavy (non-hydrogen) atoms. The molecule has 2 rings (SSSR count). The van der Waals surface area contributed by atoms with E-state index in [-0.39, 0.29) is 16.4 Å². The molecule has 0 heterocycles. The molecule has 0 spiro atoms. The van der Waals surface area contributed by atoms with Gasteiger partial charge >= 0.3 is 0 Å². The maximum Gasteiger partial charge on any atom is 0.255 e. The third-order valence-corrected chi connectivity index (χ3v) is 6.39. The number of halogens is 2. The lowest BCUT2D eigenvalue weighted by Crippen LogP contribution is -2.23. The highest BCUT2D eigenvalue weighted by Gasteiger charge is 2.22. The van der Waals surface area contributed by atoms with E-state index in [9.17, 15) is 13.2 Å². The lowest BCUT2D eigenvalue weighted by molar-refractivity contribution is 0.102. The Balaban J connectivity index is 2.33.